The van der Waals surface area contributed by atoms with Gasteiger partial charge in [0.05, 0.1) is 11.7 Å². The van der Waals surface area contributed by atoms with Gasteiger partial charge in [-0.1, -0.05) is 18.2 Å². The zero-order chi connectivity index (χ0) is 24.7. The number of alkyl halides is 3. The zero-order valence-electron chi connectivity index (χ0n) is 18.2. The Bertz CT molecular complexity index is 1030. The number of carbonyl (C=O) groups is 2. The number of nitrogens with two attached hydrogens (primary N) is 2. The molecule has 1 aliphatic rings. The second-order valence-electron chi connectivity index (χ2n) is 7.89. The summed E-state index contributed by atoms with van der Waals surface area (Å²) in [6, 6.07) is 11.3. The first-order valence-electron chi connectivity index (χ1n) is 10.6. The first kappa shape index (κ1) is 25.1. The summed E-state index contributed by atoms with van der Waals surface area (Å²) < 4.78 is 51.5. The predicted octanol–water partition coefficient (Wildman–Crippen LogP) is 4.61. The van der Waals surface area contributed by atoms with Crippen LogP contribution in [0.4, 0.5) is 24.5 Å². The van der Waals surface area contributed by atoms with Crippen LogP contribution in [-0.2, 0) is 25.6 Å². The Hall–Kier alpha value is -3.53. The molecular formula is C24H25F3N2O5. The van der Waals surface area contributed by atoms with Gasteiger partial charge in [0.15, 0.2) is 0 Å². The van der Waals surface area contributed by atoms with Crippen LogP contribution in [0.25, 0.3) is 6.08 Å². The molecule has 1 saturated carbocycles. The van der Waals surface area contributed by atoms with Crippen LogP contribution >= 0.6 is 0 Å². The normalized spacial score (nSPS) is 18.6. The quantitative estimate of drug-likeness (QED) is 0.339. The minimum atomic E-state index is -4.66. The fourth-order valence-electron chi connectivity index (χ4n) is 3.51. The molecule has 3 rings (SSSR count). The molecule has 10 heteroatoms. The Kier molecular flexibility index (Phi) is 8.17. The van der Waals surface area contributed by atoms with Crippen LogP contribution in [0.2, 0.25) is 0 Å². The van der Waals surface area contributed by atoms with Crippen molar-refractivity contribution in [2.45, 2.75) is 50.9 Å². The molecule has 2 aromatic rings. The third-order valence-corrected chi connectivity index (χ3v) is 5.29. The molecule has 0 amide bonds. The van der Waals surface area contributed by atoms with E-state index in [-0.39, 0.29) is 19.4 Å². The second-order valence-corrected chi connectivity index (χ2v) is 7.89. The van der Waals surface area contributed by atoms with Gasteiger partial charge < -0.3 is 20.9 Å². The van der Waals surface area contributed by atoms with E-state index in [1.807, 2.05) is 0 Å². The van der Waals surface area contributed by atoms with Crippen molar-refractivity contribution in [2.75, 3.05) is 11.5 Å². The summed E-state index contributed by atoms with van der Waals surface area (Å²) in [6.45, 7) is 0.00427. The van der Waals surface area contributed by atoms with E-state index in [2.05, 4.69) is 4.74 Å². The number of hydrogen-bond acceptors (Lipinski definition) is 7. The van der Waals surface area contributed by atoms with Gasteiger partial charge in [-0.05, 0) is 61.6 Å². The highest BCUT2D eigenvalue weighted by molar-refractivity contribution is 5.90. The van der Waals surface area contributed by atoms with Gasteiger partial charge in [-0.15, -0.1) is 13.2 Å². The number of hydrogen-bond donors (Lipinski definition) is 2. The van der Waals surface area contributed by atoms with E-state index in [0.29, 0.717) is 40.9 Å². The third kappa shape index (κ3) is 7.80. The van der Waals surface area contributed by atoms with E-state index in [1.165, 1.54) is 12.2 Å². The van der Waals surface area contributed by atoms with E-state index in [1.54, 1.807) is 42.5 Å². The summed E-state index contributed by atoms with van der Waals surface area (Å²) >= 11 is 0. The SMILES string of the molecule is Nc1ccc(COC(=O)/C=C/c2ccc(C(=O)OC3CCC(OC(F)(F)F)CC3)cc2)c(N)c1. The fourth-order valence-corrected chi connectivity index (χ4v) is 3.51. The monoisotopic (exact) mass is 478 g/mol. The Balaban J connectivity index is 1.44. The molecular weight excluding hydrogens is 453 g/mol. The molecule has 182 valence electrons. The van der Waals surface area contributed by atoms with Gasteiger partial charge in [-0.2, -0.15) is 0 Å². The molecule has 7 nitrogen and oxygen atoms in total. The zero-order valence-corrected chi connectivity index (χ0v) is 18.2. The van der Waals surface area contributed by atoms with Gasteiger partial charge >= 0.3 is 18.3 Å². The van der Waals surface area contributed by atoms with Gasteiger partial charge in [0.2, 0.25) is 0 Å². The molecule has 1 fully saturated rings. The highest BCUT2D eigenvalue weighted by Crippen LogP contribution is 2.29. The van der Waals surface area contributed by atoms with Gasteiger partial charge in [0.25, 0.3) is 0 Å². The Morgan fingerprint density at radius 2 is 1.62 bits per heavy atom. The van der Waals surface area contributed by atoms with Crippen molar-refractivity contribution in [1.29, 1.82) is 0 Å². The number of rotatable bonds is 7. The van der Waals surface area contributed by atoms with Gasteiger partial charge in [-0.3, -0.25) is 4.74 Å². The van der Waals surface area contributed by atoms with Crippen molar-refractivity contribution >= 4 is 29.4 Å². The molecule has 0 aromatic heterocycles. The van der Waals surface area contributed by atoms with Gasteiger partial charge in [0, 0.05) is 23.0 Å². The van der Waals surface area contributed by atoms with E-state index in [0.717, 1.165) is 0 Å². The Morgan fingerprint density at radius 3 is 2.24 bits per heavy atom. The summed E-state index contributed by atoms with van der Waals surface area (Å²) in [5.74, 6) is -1.12. The van der Waals surface area contributed by atoms with Crippen molar-refractivity contribution in [3.63, 3.8) is 0 Å². The molecule has 0 atom stereocenters. The minimum absolute atomic E-state index is 0.00427. The molecule has 0 radical (unpaired) electrons. The number of anilines is 2. The number of benzene rings is 2. The summed E-state index contributed by atoms with van der Waals surface area (Å²) in [7, 11) is 0. The maximum Gasteiger partial charge on any atom is 0.522 e. The largest absolute Gasteiger partial charge is 0.522 e. The van der Waals surface area contributed by atoms with Crippen LogP contribution in [0.5, 0.6) is 0 Å². The van der Waals surface area contributed by atoms with Crippen LogP contribution in [0.15, 0.2) is 48.5 Å². The number of nitrogen functional groups attached to an aromatic ring is 2. The first-order chi connectivity index (χ1) is 16.1. The highest BCUT2D eigenvalue weighted by atomic mass is 19.4. The lowest BCUT2D eigenvalue weighted by Gasteiger charge is -2.28. The van der Waals surface area contributed by atoms with Crippen LogP contribution < -0.4 is 11.5 Å². The number of carbonyl (C=O) groups excluding carboxylic acids is 2. The van der Waals surface area contributed by atoms with Gasteiger partial charge in [0.1, 0.15) is 12.7 Å². The van der Waals surface area contributed by atoms with E-state index in [9.17, 15) is 22.8 Å². The van der Waals surface area contributed by atoms with E-state index in [4.69, 9.17) is 20.9 Å². The average molecular weight is 478 g/mol. The number of ether oxygens (including phenoxy) is 3. The molecule has 0 aliphatic heterocycles. The highest BCUT2D eigenvalue weighted by Gasteiger charge is 2.36. The fraction of sp³-hybridized carbons (Fsp3) is 0.333. The number of halogens is 3. The van der Waals surface area contributed by atoms with Crippen molar-refractivity contribution in [2.24, 2.45) is 0 Å². The average Bonchev–Trinajstić information content (AvgIpc) is 2.78. The molecule has 0 spiro atoms. The molecule has 34 heavy (non-hydrogen) atoms. The lowest BCUT2D eigenvalue weighted by Crippen LogP contribution is -2.31. The lowest BCUT2D eigenvalue weighted by atomic mass is 9.95. The Labute approximate surface area is 194 Å². The van der Waals surface area contributed by atoms with Crippen LogP contribution in [0, 0.1) is 0 Å². The minimum Gasteiger partial charge on any atom is -0.459 e. The van der Waals surface area contributed by atoms with Crippen molar-refractivity contribution in [3.8, 4) is 0 Å². The summed E-state index contributed by atoms with van der Waals surface area (Å²) in [6.07, 6.45) is -2.29. The summed E-state index contributed by atoms with van der Waals surface area (Å²) in [5, 5.41) is 0. The Morgan fingerprint density at radius 1 is 0.971 bits per heavy atom. The van der Waals surface area contributed by atoms with Crippen molar-refractivity contribution < 1.29 is 37.0 Å². The maximum atomic E-state index is 12.3. The van der Waals surface area contributed by atoms with E-state index < -0.39 is 30.5 Å². The van der Waals surface area contributed by atoms with Gasteiger partial charge in [-0.25, -0.2) is 9.59 Å². The molecule has 2 aromatic carbocycles. The summed E-state index contributed by atoms with van der Waals surface area (Å²) in [5.41, 5.74) is 14.0. The van der Waals surface area contributed by atoms with Crippen molar-refractivity contribution in [3.05, 3.63) is 65.2 Å². The molecule has 0 saturated heterocycles. The number of esters is 2. The molecule has 0 bridgehead atoms. The van der Waals surface area contributed by atoms with Crippen LogP contribution in [0.3, 0.4) is 0 Å². The molecule has 1 aliphatic carbocycles. The smallest absolute Gasteiger partial charge is 0.459 e. The van der Waals surface area contributed by atoms with E-state index >= 15 is 0 Å². The maximum absolute atomic E-state index is 12.3. The topological polar surface area (TPSA) is 114 Å². The molecule has 0 unspecified atom stereocenters. The molecule has 4 N–H and O–H groups in total. The standard InChI is InChI=1S/C24H25F3N2O5/c25-24(26,27)34-20-10-8-19(9-11-20)33-23(31)16-4-1-15(2-5-16)3-12-22(30)32-14-17-6-7-18(28)13-21(17)29/h1-7,12-13,19-20H,8-11,14,28-29H2/b12-3+. The molecule has 0 heterocycles. The second kappa shape index (κ2) is 11.1. The first-order valence-corrected chi connectivity index (χ1v) is 10.6. The van der Waals surface area contributed by atoms with Crippen molar-refractivity contribution in [1.82, 2.24) is 0 Å². The van der Waals surface area contributed by atoms with Crippen LogP contribution in [0.1, 0.15) is 47.2 Å². The predicted molar refractivity (Wildman–Crippen MR) is 119 cm³/mol. The summed E-state index contributed by atoms with van der Waals surface area (Å²) in [4.78, 5) is 24.3. The van der Waals surface area contributed by atoms with Crippen LogP contribution in [-0.4, -0.2) is 30.5 Å². The third-order valence-electron chi connectivity index (χ3n) is 5.29. The lowest BCUT2D eigenvalue weighted by molar-refractivity contribution is -0.346.